The number of aryl methyl sites for hydroxylation is 1. The number of anilines is 2. The molecule has 1 aliphatic rings. The van der Waals surface area contributed by atoms with Gasteiger partial charge in [-0.25, -0.2) is 9.07 Å². The van der Waals surface area contributed by atoms with E-state index in [-0.39, 0.29) is 11.8 Å². The van der Waals surface area contributed by atoms with Gasteiger partial charge in [-0.1, -0.05) is 18.2 Å². The molecule has 1 aromatic heterocycles. The summed E-state index contributed by atoms with van der Waals surface area (Å²) in [4.78, 5) is 26.2. The van der Waals surface area contributed by atoms with E-state index in [9.17, 15) is 14.0 Å². The molecule has 27 heavy (non-hydrogen) atoms. The van der Waals surface area contributed by atoms with E-state index < -0.39 is 5.82 Å². The number of fused-ring (bicyclic) bond motifs is 1. The van der Waals surface area contributed by atoms with Crippen LogP contribution in [0, 0.1) is 5.82 Å². The molecule has 136 valence electrons. The van der Waals surface area contributed by atoms with Crippen molar-refractivity contribution in [2.24, 2.45) is 0 Å². The number of hydrogen-bond acceptors (Lipinski definition) is 3. The van der Waals surface area contributed by atoms with Crippen molar-refractivity contribution in [3.05, 3.63) is 77.7 Å². The van der Waals surface area contributed by atoms with Crippen LogP contribution in [0.5, 0.6) is 0 Å². The van der Waals surface area contributed by atoms with Crippen LogP contribution < -0.4 is 10.2 Å². The van der Waals surface area contributed by atoms with E-state index in [1.165, 1.54) is 18.2 Å². The summed E-state index contributed by atoms with van der Waals surface area (Å²) in [5.74, 6) is 0.1000. The Hall–Kier alpha value is -3.48. The third-order valence-electron chi connectivity index (χ3n) is 4.45. The van der Waals surface area contributed by atoms with Crippen molar-refractivity contribution in [1.82, 2.24) is 9.78 Å². The van der Waals surface area contributed by atoms with Crippen molar-refractivity contribution in [2.45, 2.75) is 19.5 Å². The number of carbonyl (C=O) groups is 2. The van der Waals surface area contributed by atoms with Crippen molar-refractivity contribution < 1.29 is 14.0 Å². The normalized spacial score (nSPS) is 13.4. The quantitative estimate of drug-likeness (QED) is 0.773. The molecule has 0 aliphatic carbocycles. The van der Waals surface area contributed by atoms with Gasteiger partial charge in [-0.15, -0.1) is 0 Å². The highest BCUT2D eigenvalue weighted by atomic mass is 19.1. The molecule has 2 heterocycles. The summed E-state index contributed by atoms with van der Waals surface area (Å²) in [5, 5.41) is 6.87. The van der Waals surface area contributed by atoms with Crippen LogP contribution in [-0.2, 0) is 17.9 Å². The van der Waals surface area contributed by atoms with Crippen LogP contribution in [0.4, 0.5) is 15.9 Å². The predicted molar refractivity (Wildman–Crippen MR) is 98.8 cm³/mol. The van der Waals surface area contributed by atoms with Crippen LogP contribution in [0.25, 0.3) is 0 Å². The average molecular weight is 364 g/mol. The van der Waals surface area contributed by atoms with Gasteiger partial charge in [0.15, 0.2) is 0 Å². The fourth-order valence-corrected chi connectivity index (χ4v) is 3.07. The second kappa shape index (κ2) is 7.03. The summed E-state index contributed by atoms with van der Waals surface area (Å²) in [6, 6.07) is 14.6. The minimum Gasteiger partial charge on any atom is -0.322 e. The molecule has 2 aromatic carbocycles. The number of aromatic nitrogens is 2. The van der Waals surface area contributed by atoms with E-state index in [2.05, 4.69) is 10.4 Å². The van der Waals surface area contributed by atoms with E-state index in [1.807, 2.05) is 22.9 Å². The molecular weight excluding hydrogens is 347 g/mol. The van der Waals surface area contributed by atoms with Crippen molar-refractivity contribution >= 4 is 23.3 Å². The molecule has 0 saturated carbocycles. The highest BCUT2D eigenvalue weighted by Crippen LogP contribution is 2.23. The second-order valence-corrected chi connectivity index (χ2v) is 6.30. The van der Waals surface area contributed by atoms with Gasteiger partial charge in [-0.05, 0) is 35.9 Å². The molecule has 4 rings (SSSR count). The Morgan fingerprint density at radius 3 is 2.74 bits per heavy atom. The van der Waals surface area contributed by atoms with Gasteiger partial charge < -0.3 is 5.32 Å². The first-order valence-electron chi connectivity index (χ1n) is 8.58. The van der Waals surface area contributed by atoms with Gasteiger partial charge in [0.2, 0.25) is 5.91 Å². The first kappa shape index (κ1) is 17.0. The Morgan fingerprint density at radius 2 is 1.96 bits per heavy atom. The maximum atomic E-state index is 13.2. The molecule has 2 amide bonds. The first-order valence-corrected chi connectivity index (χ1v) is 8.58. The third-order valence-corrected chi connectivity index (χ3v) is 4.45. The first-order chi connectivity index (χ1) is 13.1. The number of nitrogens with zero attached hydrogens (tertiary/aromatic N) is 3. The van der Waals surface area contributed by atoms with Crippen LogP contribution in [-0.4, -0.2) is 21.6 Å². The maximum absolute atomic E-state index is 13.2. The summed E-state index contributed by atoms with van der Waals surface area (Å²) >= 11 is 0. The monoisotopic (exact) mass is 364 g/mol. The lowest BCUT2D eigenvalue weighted by Gasteiger charge is -2.27. The molecule has 0 spiro atoms. The molecule has 0 radical (unpaired) electrons. The molecule has 7 heteroatoms. The minimum atomic E-state index is -0.409. The lowest BCUT2D eigenvalue weighted by Crippen LogP contribution is -2.36. The number of hydrogen-bond donors (Lipinski definition) is 1. The van der Waals surface area contributed by atoms with Gasteiger partial charge in [-0.3, -0.25) is 14.5 Å². The van der Waals surface area contributed by atoms with E-state index in [0.29, 0.717) is 30.8 Å². The Balaban J connectivity index is 1.46. The fourth-order valence-electron chi connectivity index (χ4n) is 3.07. The Morgan fingerprint density at radius 1 is 1.15 bits per heavy atom. The Labute approximate surface area is 155 Å². The standard InChI is InChI=1S/C20H17FN4O2/c21-16-2-1-3-17(12-16)23-20(27)15-6-4-14(5-7-15)13-24-18-8-10-22-25(18)11-9-19(24)26/h1-8,10,12H,9,11,13H2,(H,23,27). The van der Waals surface area contributed by atoms with E-state index in [1.54, 1.807) is 29.3 Å². The van der Waals surface area contributed by atoms with E-state index >= 15 is 0 Å². The molecule has 0 fully saturated rings. The number of amides is 2. The van der Waals surface area contributed by atoms with Crippen LogP contribution in [0.1, 0.15) is 22.3 Å². The summed E-state index contributed by atoms with van der Waals surface area (Å²) in [6.45, 7) is 1.01. The van der Waals surface area contributed by atoms with Gasteiger partial charge in [0.25, 0.3) is 5.91 Å². The molecule has 1 N–H and O–H groups in total. The SMILES string of the molecule is O=C(Nc1cccc(F)c1)c1ccc(CN2C(=O)CCn3nccc32)cc1. The Bertz CT molecular complexity index is 997. The van der Waals surface area contributed by atoms with Crippen molar-refractivity contribution in [2.75, 3.05) is 10.2 Å². The fraction of sp³-hybridized carbons (Fsp3) is 0.150. The molecule has 3 aromatic rings. The predicted octanol–water partition coefficient (Wildman–Crippen LogP) is 3.21. The van der Waals surface area contributed by atoms with E-state index in [0.717, 1.165) is 11.4 Å². The lowest BCUT2D eigenvalue weighted by molar-refractivity contribution is -0.119. The van der Waals surface area contributed by atoms with Gasteiger partial charge >= 0.3 is 0 Å². The molecule has 6 nitrogen and oxygen atoms in total. The van der Waals surface area contributed by atoms with Crippen LogP contribution >= 0.6 is 0 Å². The smallest absolute Gasteiger partial charge is 0.255 e. The average Bonchev–Trinajstić information content (AvgIpc) is 3.13. The van der Waals surface area contributed by atoms with Gasteiger partial charge in [0.05, 0.1) is 19.3 Å². The highest BCUT2D eigenvalue weighted by molar-refractivity contribution is 6.04. The molecule has 0 atom stereocenters. The van der Waals surface area contributed by atoms with Gasteiger partial charge in [0, 0.05) is 23.7 Å². The highest BCUT2D eigenvalue weighted by Gasteiger charge is 2.24. The topological polar surface area (TPSA) is 67.2 Å². The number of halogens is 1. The summed E-state index contributed by atoms with van der Waals surface area (Å²) in [6.07, 6.45) is 2.10. The maximum Gasteiger partial charge on any atom is 0.255 e. The number of nitrogens with one attached hydrogen (secondary N) is 1. The zero-order valence-corrected chi connectivity index (χ0v) is 14.4. The third kappa shape index (κ3) is 3.57. The summed E-state index contributed by atoms with van der Waals surface area (Å²) < 4.78 is 15.0. The van der Waals surface area contributed by atoms with Gasteiger partial charge in [0.1, 0.15) is 11.6 Å². The number of carbonyl (C=O) groups excluding carboxylic acids is 2. The van der Waals surface area contributed by atoms with Crippen LogP contribution in [0.15, 0.2) is 60.8 Å². The molecule has 0 saturated heterocycles. The summed E-state index contributed by atoms with van der Waals surface area (Å²) in [5.41, 5.74) is 1.76. The van der Waals surface area contributed by atoms with Crippen LogP contribution in [0.3, 0.4) is 0 Å². The van der Waals surface area contributed by atoms with E-state index in [4.69, 9.17) is 0 Å². The van der Waals surface area contributed by atoms with Crippen molar-refractivity contribution in [3.63, 3.8) is 0 Å². The van der Waals surface area contributed by atoms with Crippen LogP contribution in [0.2, 0.25) is 0 Å². The van der Waals surface area contributed by atoms with Crippen molar-refractivity contribution in [3.8, 4) is 0 Å². The molecule has 0 bridgehead atoms. The molecular formula is C20H17FN4O2. The zero-order chi connectivity index (χ0) is 18.8. The lowest BCUT2D eigenvalue weighted by atomic mass is 10.1. The largest absolute Gasteiger partial charge is 0.322 e. The second-order valence-electron chi connectivity index (χ2n) is 6.30. The van der Waals surface area contributed by atoms with Crippen molar-refractivity contribution in [1.29, 1.82) is 0 Å². The Kier molecular flexibility index (Phi) is 4.42. The minimum absolute atomic E-state index is 0.0518. The molecule has 0 unspecified atom stereocenters. The number of benzene rings is 2. The molecule has 1 aliphatic heterocycles. The summed E-state index contributed by atoms with van der Waals surface area (Å²) in [7, 11) is 0. The number of rotatable bonds is 4. The zero-order valence-electron chi connectivity index (χ0n) is 14.4. The van der Waals surface area contributed by atoms with Gasteiger partial charge in [-0.2, -0.15) is 5.10 Å².